The number of hydrogen-bond donors (Lipinski definition) is 1. The van der Waals surface area contributed by atoms with Crippen LogP contribution in [0.3, 0.4) is 0 Å². The number of aromatic nitrogens is 2. The molecule has 1 N–H and O–H groups in total. The second-order valence-electron chi connectivity index (χ2n) is 14.2. The van der Waals surface area contributed by atoms with Crippen LogP contribution in [0.1, 0.15) is 77.6 Å². The molecule has 0 atom stereocenters. The Morgan fingerprint density at radius 2 is 1.19 bits per heavy atom. The first kappa shape index (κ1) is 46.1. The Labute approximate surface area is 374 Å². The summed E-state index contributed by atoms with van der Waals surface area (Å²) >= 11 is 1.33. The molecule has 0 unspecified atom stereocenters. The molecule has 6 aromatic rings. The molecular formula is C49H48N4O10S. The zero-order valence-corrected chi connectivity index (χ0v) is 36.0. The van der Waals surface area contributed by atoms with E-state index in [1.165, 1.54) is 17.6 Å². The standard InChI is InChI=1S/C49H48N4O10S/c1-3-43(54)60-30-13-7-5-11-28-58-37-23-19-34(20-24-37)47(56)62-42-32-36(33-51-53-49-52-41-18-15-27-50-46(41)64-49)45(40-17-10-9-16-39(40)42)63-48(57)35-21-25-38(26-22-35)59-29-12-6-8-14-31-61-44(55)4-2/h3-4,9-10,15-27,32-33H,1-2,5-8,11-14,28-31H2,(H,52,53)/b51-33+. The van der Waals surface area contributed by atoms with Crippen LogP contribution in [0.5, 0.6) is 23.0 Å². The molecule has 0 bridgehead atoms. The van der Waals surface area contributed by atoms with Crippen LogP contribution in [0.2, 0.25) is 0 Å². The normalized spacial score (nSPS) is 10.9. The van der Waals surface area contributed by atoms with Crippen molar-refractivity contribution in [3.63, 3.8) is 0 Å². The van der Waals surface area contributed by atoms with Gasteiger partial charge in [-0.1, -0.05) is 48.8 Å². The van der Waals surface area contributed by atoms with Gasteiger partial charge in [0, 0.05) is 34.7 Å². The molecule has 0 saturated carbocycles. The number of rotatable bonds is 25. The lowest BCUT2D eigenvalue weighted by atomic mass is 10.0. The highest BCUT2D eigenvalue weighted by molar-refractivity contribution is 7.21. The Balaban J connectivity index is 1.12. The van der Waals surface area contributed by atoms with Gasteiger partial charge >= 0.3 is 23.9 Å². The fourth-order valence-corrected chi connectivity index (χ4v) is 7.01. The van der Waals surface area contributed by atoms with Crippen LogP contribution in [0, 0.1) is 0 Å². The molecule has 4 aromatic carbocycles. The van der Waals surface area contributed by atoms with Gasteiger partial charge in [0.15, 0.2) is 0 Å². The van der Waals surface area contributed by atoms with Crippen molar-refractivity contribution in [3.8, 4) is 23.0 Å². The van der Waals surface area contributed by atoms with Crippen molar-refractivity contribution in [3.05, 3.63) is 139 Å². The Morgan fingerprint density at radius 1 is 0.641 bits per heavy atom. The van der Waals surface area contributed by atoms with Crippen LogP contribution in [0.4, 0.5) is 5.13 Å². The maximum atomic E-state index is 13.7. The second-order valence-corrected chi connectivity index (χ2v) is 15.1. The van der Waals surface area contributed by atoms with Crippen LogP contribution in [0.15, 0.2) is 128 Å². The van der Waals surface area contributed by atoms with Gasteiger partial charge in [-0.3, -0.25) is 5.43 Å². The predicted molar refractivity (Wildman–Crippen MR) is 246 cm³/mol. The summed E-state index contributed by atoms with van der Waals surface area (Å²) in [6.07, 6.45) is 12.2. The van der Waals surface area contributed by atoms with Crippen LogP contribution in [-0.2, 0) is 19.1 Å². The molecule has 0 aliphatic rings. The molecule has 0 spiro atoms. The van der Waals surface area contributed by atoms with E-state index in [1.54, 1.807) is 91.1 Å². The quantitative estimate of drug-likeness (QED) is 0.0144. The van der Waals surface area contributed by atoms with E-state index < -0.39 is 23.9 Å². The van der Waals surface area contributed by atoms with Crippen LogP contribution in [0.25, 0.3) is 21.1 Å². The smallest absolute Gasteiger partial charge is 0.343 e. The van der Waals surface area contributed by atoms with Gasteiger partial charge in [0.1, 0.15) is 33.3 Å². The summed E-state index contributed by atoms with van der Waals surface area (Å²) in [6, 6.07) is 25.8. The minimum absolute atomic E-state index is 0.203. The lowest BCUT2D eigenvalue weighted by molar-refractivity contribution is -0.138. The maximum absolute atomic E-state index is 13.7. The van der Waals surface area contributed by atoms with Crippen LogP contribution >= 0.6 is 11.3 Å². The third-order valence-electron chi connectivity index (χ3n) is 9.53. The average Bonchev–Trinajstić information content (AvgIpc) is 3.74. The first-order valence-electron chi connectivity index (χ1n) is 20.9. The number of carbonyl (C=O) groups is 4. The molecule has 0 aliphatic heterocycles. The van der Waals surface area contributed by atoms with E-state index in [2.05, 4.69) is 33.7 Å². The van der Waals surface area contributed by atoms with E-state index in [9.17, 15) is 19.2 Å². The molecule has 2 heterocycles. The van der Waals surface area contributed by atoms with Gasteiger partial charge in [-0.2, -0.15) is 5.10 Å². The van der Waals surface area contributed by atoms with Gasteiger partial charge in [0.05, 0.1) is 43.8 Å². The van der Waals surface area contributed by atoms with Gasteiger partial charge in [-0.15, -0.1) is 0 Å². The Hall–Kier alpha value is -7.39. The third kappa shape index (κ3) is 13.8. The number of hydrogen-bond acceptors (Lipinski definition) is 15. The number of nitrogens with one attached hydrogen (secondary N) is 1. The number of pyridine rings is 1. The first-order valence-corrected chi connectivity index (χ1v) is 21.7. The number of fused-ring (bicyclic) bond motifs is 2. The number of nitrogens with zero attached hydrogens (tertiary/aromatic N) is 3. The van der Waals surface area contributed by atoms with E-state index in [1.807, 2.05) is 6.07 Å². The molecule has 0 aliphatic carbocycles. The molecule has 6 rings (SSSR count). The van der Waals surface area contributed by atoms with Crippen molar-refractivity contribution in [2.45, 2.75) is 51.4 Å². The van der Waals surface area contributed by atoms with E-state index in [0.717, 1.165) is 68.3 Å². The Bertz CT molecular complexity index is 2540. The number of unbranched alkanes of at least 4 members (excludes halogenated alkanes) is 6. The number of ether oxygens (including phenoxy) is 6. The number of hydrazone groups is 1. The molecule has 0 radical (unpaired) electrons. The lowest BCUT2D eigenvalue weighted by Crippen LogP contribution is -2.12. The van der Waals surface area contributed by atoms with Crippen molar-refractivity contribution in [1.29, 1.82) is 0 Å². The molecule has 2 aromatic heterocycles. The number of benzene rings is 4. The van der Waals surface area contributed by atoms with E-state index in [4.69, 9.17) is 28.4 Å². The van der Waals surface area contributed by atoms with Crippen molar-refractivity contribution in [1.82, 2.24) is 9.97 Å². The number of thiazole rings is 1. The summed E-state index contributed by atoms with van der Waals surface area (Å²) in [5.41, 5.74) is 4.60. The largest absolute Gasteiger partial charge is 0.494 e. The van der Waals surface area contributed by atoms with Crippen LogP contribution < -0.4 is 24.4 Å². The number of esters is 4. The fraction of sp³-hybridized carbons (Fsp3) is 0.245. The summed E-state index contributed by atoms with van der Waals surface area (Å²) in [5, 5.41) is 5.95. The molecule has 330 valence electrons. The average molecular weight is 885 g/mol. The second kappa shape index (κ2) is 24.3. The summed E-state index contributed by atoms with van der Waals surface area (Å²) in [7, 11) is 0. The highest BCUT2D eigenvalue weighted by Crippen LogP contribution is 2.37. The lowest BCUT2D eigenvalue weighted by Gasteiger charge is -2.15. The first-order chi connectivity index (χ1) is 31.3. The minimum atomic E-state index is -0.618. The van der Waals surface area contributed by atoms with Gasteiger partial charge in [-0.25, -0.2) is 29.1 Å². The highest BCUT2D eigenvalue weighted by Gasteiger charge is 2.20. The van der Waals surface area contributed by atoms with Crippen molar-refractivity contribution in [2.75, 3.05) is 31.9 Å². The molecule has 15 heteroatoms. The highest BCUT2D eigenvalue weighted by atomic mass is 32.1. The topological polar surface area (TPSA) is 174 Å². The van der Waals surface area contributed by atoms with Crippen molar-refractivity contribution < 1.29 is 47.6 Å². The van der Waals surface area contributed by atoms with Gasteiger partial charge in [0.2, 0.25) is 5.13 Å². The van der Waals surface area contributed by atoms with E-state index in [-0.39, 0.29) is 11.5 Å². The van der Waals surface area contributed by atoms with Gasteiger partial charge in [-0.05, 0) is 118 Å². The molecular weight excluding hydrogens is 837 g/mol. The van der Waals surface area contributed by atoms with Crippen molar-refractivity contribution >= 4 is 67.7 Å². The summed E-state index contributed by atoms with van der Waals surface area (Å²) < 4.78 is 33.9. The predicted octanol–water partition coefficient (Wildman–Crippen LogP) is 10.1. The minimum Gasteiger partial charge on any atom is -0.494 e. The molecule has 0 amide bonds. The zero-order chi connectivity index (χ0) is 44.9. The third-order valence-corrected chi connectivity index (χ3v) is 10.4. The van der Waals surface area contributed by atoms with E-state index in [0.29, 0.717) is 76.0 Å². The molecule has 64 heavy (non-hydrogen) atoms. The number of carbonyl (C=O) groups excluding carboxylic acids is 4. The monoisotopic (exact) mass is 884 g/mol. The zero-order valence-electron chi connectivity index (χ0n) is 35.2. The maximum Gasteiger partial charge on any atom is 0.343 e. The molecule has 0 saturated heterocycles. The Kier molecular flexibility index (Phi) is 17.5. The Morgan fingerprint density at radius 3 is 1.75 bits per heavy atom. The SMILES string of the molecule is C=CC(=O)OCCCCCCOc1ccc(C(=O)Oc2cc(/C=N/Nc3nc4cccnc4s3)c(OC(=O)c3ccc(OCCCCCCOC(=O)C=C)cc3)c3ccccc23)cc1. The van der Waals surface area contributed by atoms with Gasteiger partial charge < -0.3 is 28.4 Å². The van der Waals surface area contributed by atoms with E-state index >= 15 is 0 Å². The molecule has 0 fully saturated rings. The van der Waals surface area contributed by atoms with Crippen molar-refractivity contribution in [2.24, 2.45) is 5.10 Å². The summed E-state index contributed by atoms with van der Waals surface area (Å²) in [6.45, 7) is 8.48. The fourth-order valence-electron chi connectivity index (χ4n) is 6.25. The summed E-state index contributed by atoms with van der Waals surface area (Å²) in [5.74, 6) is -0.416. The molecule has 14 nitrogen and oxygen atoms in total. The number of anilines is 1. The summed E-state index contributed by atoms with van der Waals surface area (Å²) in [4.78, 5) is 59.2. The van der Waals surface area contributed by atoms with Crippen LogP contribution in [-0.4, -0.2) is 66.5 Å². The van der Waals surface area contributed by atoms with Gasteiger partial charge in [0.25, 0.3) is 0 Å².